The molecule has 1 fully saturated rings. The van der Waals surface area contributed by atoms with Crippen molar-refractivity contribution in [1.29, 1.82) is 0 Å². The molecule has 11 heavy (non-hydrogen) atoms. The van der Waals surface area contributed by atoms with Crippen molar-refractivity contribution in [3.05, 3.63) is 0 Å². The number of ether oxygens (including phenoxy) is 1. The average molecular weight is 158 g/mol. The summed E-state index contributed by atoms with van der Waals surface area (Å²) in [4.78, 5) is 10.4. The molecule has 4 heteroatoms. The van der Waals surface area contributed by atoms with E-state index in [1.807, 2.05) is 6.92 Å². The lowest BCUT2D eigenvalue weighted by molar-refractivity contribution is 0.0668. The topological polar surface area (TPSA) is 64.3 Å². The van der Waals surface area contributed by atoms with Crippen LogP contribution in [0, 0.1) is 0 Å². The van der Waals surface area contributed by atoms with Crippen molar-refractivity contribution in [2.75, 3.05) is 6.54 Å². The quantitative estimate of drug-likeness (QED) is 0.574. The molecule has 1 amide bonds. The number of nitrogens with one attached hydrogen (secondary N) is 1. The van der Waals surface area contributed by atoms with E-state index in [0.717, 1.165) is 19.4 Å². The van der Waals surface area contributed by atoms with Gasteiger partial charge in [0.05, 0.1) is 0 Å². The fraction of sp³-hybridized carbons (Fsp3) is 0.857. The van der Waals surface area contributed by atoms with Crippen molar-refractivity contribution in [3.8, 4) is 0 Å². The Bertz CT molecular complexity index is 149. The highest BCUT2D eigenvalue weighted by Crippen LogP contribution is 2.11. The molecule has 0 spiro atoms. The summed E-state index contributed by atoms with van der Waals surface area (Å²) in [5.74, 6) is 0. The Kier molecular flexibility index (Phi) is 2.70. The molecule has 0 aromatic rings. The zero-order valence-corrected chi connectivity index (χ0v) is 6.67. The van der Waals surface area contributed by atoms with Crippen LogP contribution in [0.25, 0.3) is 0 Å². The summed E-state index contributed by atoms with van der Waals surface area (Å²) in [6, 6.07) is 0.233. The van der Waals surface area contributed by atoms with Gasteiger partial charge >= 0.3 is 6.09 Å². The maximum absolute atomic E-state index is 10.4. The van der Waals surface area contributed by atoms with E-state index in [1.54, 1.807) is 0 Å². The van der Waals surface area contributed by atoms with E-state index >= 15 is 0 Å². The van der Waals surface area contributed by atoms with E-state index < -0.39 is 6.09 Å². The molecule has 0 unspecified atom stereocenters. The van der Waals surface area contributed by atoms with Crippen molar-refractivity contribution in [2.45, 2.75) is 31.9 Å². The largest absolute Gasteiger partial charge is 0.445 e. The minimum atomic E-state index is -0.675. The van der Waals surface area contributed by atoms with Crippen LogP contribution in [-0.4, -0.2) is 24.8 Å². The van der Waals surface area contributed by atoms with Gasteiger partial charge in [-0.3, -0.25) is 0 Å². The number of nitrogens with two attached hydrogens (primary N) is 1. The molecule has 3 N–H and O–H groups in total. The maximum Gasteiger partial charge on any atom is 0.404 e. The van der Waals surface area contributed by atoms with E-state index in [-0.39, 0.29) is 12.1 Å². The summed E-state index contributed by atoms with van der Waals surface area (Å²) in [6.45, 7) is 2.99. The predicted octanol–water partition coefficient (Wildman–Crippen LogP) is 0.222. The van der Waals surface area contributed by atoms with Crippen molar-refractivity contribution < 1.29 is 9.53 Å². The Balaban J connectivity index is 2.35. The standard InChI is InChI=1S/C7H14N2O2/c1-5-6(11-7(8)10)3-2-4-9-5/h5-6,9H,2-4H2,1H3,(H2,8,10)/t5-,6+/m1/s1. The molecule has 0 aromatic heterocycles. The van der Waals surface area contributed by atoms with Crippen LogP contribution in [0.5, 0.6) is 0 Å². The molecule has 1 aliphatic rings. The number of amides is 1. The minimum Gasteiger partial charge on any atom is -0.445 e. The Morgan fingerprint density at radius 3 is 3.00 bits per heavy atom. The van der Waals surface area contributed by atoms with Crippen LogP contribution in [0.4, 0.5) is 4.79 Å². The summed E-state index contributed by atoms with van der Waals surface area (Å²) < 4.78 is 4.88. The van der Waals surface area contributed by atoms with Crippen LogP contribution in [0.1, 0.15) is 19.8 Å². The molecule has 1 saturated heterocycles. The molecule has 0 aliphatic carbocycles. The summed E-state index contributed by atoms with van der Waals surface area (Å²) >= 11 is 0. The van der Waals surface area contributed by atoms with Crippen LogP contribution >= 0.6 is 0 Å². The number of hydrogen-bond acceptors (Lipinski definition) is 3. The van der Waals surface area contributed by atoms with Gasteiger partial charge in [-0.15, -0.1) is 0 Å². The molecule has 0 aromatic carbocycles. The van der Waals surface area contributed by atoms with Gasteiger partial charge in [-0.05, 0) is 26.3 Å². The van der Waals surface area contributed by atoms with Gasteiger partial charge in [0.1, 0.15) is 6.10 Å². The van der Waals surface area contributed by atoms with Gasteiger partial charge in [0.15, 0.2) is 0 Å². The molecule has 2 atom stereocenters. The number of primary amides is 1. The number of rotatable bonds is 1. The third-order valence-corrected chi connectivity index (χ3v) is 1.96. The number of hydrogen-bond donors (Lipinski definition) is 2. The SMILES string of the molecule is C[C@H]1NCCC[C@@H]1OC(N)=O. The van der Waals surface area contributed by atoms with Crippen LogP contribution in [-0.2, 0) is 4.74 Å². The highest BCUT2D eigenvalue weighted by molar-refractivity contribution is 5.64. The van der Waals surface area contributed by atoms with Gasteiger partial charge in [0.2, 0.25) is 0 Å². The summed E-state index contributed by atoms with van der Waals surface area (Å²) in [6.07, 6.45) is 1.24. The first-order chi connectivity index (χ1) is 5.20. The van der Waals surface area contributed by atoms with E-state index in [2.05, 4.69) is 5.32 Å². The van der Waals surface area contributed by atoms with Gasteiger partial charge in [0, 0.05) is 6.04 Å². The third-order valence-electron chi connectivity index (χ3n) is 1.96. The lowest BCUT2D eigenvalue weighted by Gasteiger charge is -2.28. The lowest BCUT2D eigenvalue weighted by Crippen LogP contribution is -2.45. The molecule has 64 valence electrons. The Labute approximate surface area is 66.1 Å². The zero-order chi connectivity index (χ0) is 8.27. The molecular formula is C7H14N2O2. The Hall–Kier alpha value is -0.770. The fourth-order valence-electron chi connectivity index (χ4n) is 1.32. The van der Waals surface area contributed by atoms with Crippen molar-refractivity contribution in [1.82, 2.24) is 5.32 Å². The van der Waals surface area contributed by atoms with E-state index in [1.165, 1.54) is 0 Å². The zero-order valence-electron chi connectivity index (χ0n) is 6.67. The van der Waals surface area contributed by atoms with E-state index in [9.17, 15) is 4.79 Å². The first-order valence-electron chi connectivity index (χ1n) is 3.89. The van der Waals surface area contributed by atoms with Crippen molar-refractivity contribution >= 4 is 6.09 Å². The highest BCUT2D eigenvalue weighted by atomic mass is 16.6. The molecular weight excluding hydrogens is 144 g/mol. The number of carbonyl (C=O) groups excluding carboxylic acids is 1. The number of piperidine rings is 1. The second kappa shape index (κ2) is 3.57. The molecule has 1 rings (SSSR count). The summed E-state index contributed by atoms with van der Waals surface area (Å²) in [7, 11) is 0. The highest BCUT2D eigenvalue weighted by Gasteiger charge is 2.23. The first kappa shape index (κ1) is 8.33. The van der Waals surface area contributed by atoms with Gasteiger partial charge in [0.25, 0.3) is 0 Å². The van der Waals surface area contributed by atoms with E-state index in [0.29, 0.717) is 0 Å². The molecule has 1 aliphatic heterocycles. The number of carbonyl (C=O) groups is 1. The fourth-order valence-corrected chi connectivity index (χ4v) is 1.32. The summed E-state index contributed by atoms with van der Waals surface area (Å²) in [5.41, 5.74) is 4.90. The minimum absolute atomic E-state index is 0.0405. The predicted molar refractivity (Wildman–Crippen MR) is 41.2 cm³/mol. The third kappa shape index (κ3) is 2.38. The van der Waals surface area contributed by atoms with Crippen molar-refractivity contribution in [2.24, 2.45) is 5.73 Å². The first-order valence-corrected chi connectivity index (χ1v) is 3.89. The van der Waals surface area contributed by atoms with Gasteiger partial charge in [-0.2, -0.15) is 0 Å². The van der Waals surface area contributed by atoms with Crippen LogP contribution in [0.15, 0.2) is 0 Å². The van der Waals surface area contributed by atoms with Gasteiger partial charge in [-0.1, -0.05) is 0 Å². The Morgan fingerprint density at radius 1 is 1.73 bits per heavy atom. The molecule has 0 bridgehead atoms. The monoisotopic (exact) mass is 158 g/mol. The second-order valence-corrected chi connectivity index (χ2v) is 2.86. The van der Waals surface area contributed by atoms with Gasteiger partial charge in [-0.25, -0.2) is 4.79 Å². The molecule has 1 heterocycles. The normalized spacial score (nSPS) is 31.4. The average Bonchev–Trinajstić information content (AvgIpc) is 1.93. The van der Waals surface area contributed by atoms with Crippen LogP contribution < -0.4 is 11.1 Å². The molecule has 4 nitrogen and oxygen atoms in total. The second-order valence-electron chi connectivity index (χ2n) is 2.86. The van der Waals surface area contributed by atoms with Crippen molar-refractivity contribution in [3.63, 3.8) is 0 Å². The van der Waals surface area contributed by atoms with Gasteiger partial charge < -0.3 is 15.8 Å². The lowest BCUT2D eigenvalue weighted by atomic mass is 10.0. The van der Waals surface area contributed by atoms with Crippen LogP contribution in [0.3, 0.4) is 0 Å². The van der Waals surface area contributed by atoms with Crippen LogP contribution in [0.2, 0.25) is 0 Å². The molecule has 0 saturated carbocycles. The van der Waals surface area contributed by atoms with E-state index in [4.69, 9.17) is 10.5 Å². The molecule has 0 radical (unpaired) electrons. The maximum atomic E-state index is 10.4. The Morgan fingerprint density at radius 2 is 2.45 bits per heavy atom. The summed E-state index contributed by atoms with van der Waals surface area (Å²) in [5, 5.41) is 3.20. The smallest absolute Gasteiger partial charge is 0.404 e.